The van der Waals surface area contributed by atoms with Gasteiger partial charge in [0, 0.05) is 16.8 Å². The van der Waals surface area contributed by atoms with Gasteiger partial charge in [-0.05, 0) is 37.3 Å². The molecule has 0 radical (unpaired) electrons. The summed E-state index contributed by atoms with van der Waals surface area (Å²) < 4.78 is 15.1. The highest BCUT2D eigenvalue weighted by molar-refractivity contribution is 7.07. The van der Waals surface area contributed by atoms with Crippen molar-refractivity contribution in [1.29, 1.82) is 0 Å². The van der Waals surface area contributed by atoms with E-state index in [4.69, 9.17) is 23.2 Å². The SMILES string of the molecule is Cc1csc(=NC(=O)c2ccccc2Cl)n1-c1ccc(F)c(Cl)c1. The third-order valence-electron chi connectivity index (χ3n) is 3.34. The van der Waals surface area contributed by atoms with E-state index in [1.54, 1.807) is 34.9 Å². The van der Waals surface area contributed by atoms with E-state index in [0.717, 1.165) is 5.69 Å². The van der Waals surface area contributed by atoms with Crippen molar-refractivity contribution in [3.8, 4) is 5.69 Å². The van der Waals surface area contributed by atoms with Gasteiger partial charge >= 0.3 is 0 Å². The van der Waals surface area contributed by atoms with Crippen LogP contribution in [0.15, 0.2) is 52.8 Å². The second kappa shape index (κ2) is 6.89. The molecule has 0 aliphatic carbocycles. The molecule has 7 heteroatoms. The van der Waals surface area contributed by atoms with Crippen LogP contribution in [0.4, 0.5) is 4.39 Å². The average Bonchev–Trinajstić information content (AvgIpc) is 2.91. The summed E-state index contributed by atoms with van der Waals surface area (Å²) in [6.45, 7) is 1.87. The van der Waals surface area contributed by atoms with Crippen LogP contribution < -0.4 is 4.80 Å². The zero-order valence-electron chi connectivity index (χ0n) is 12.5. The molecule has 1 amide bonds. The summed E-state index contributed by atoms with van der Waals surface area (Å²) in [5.74, 6) is -0.941. The van der Waals surface area contributed by atoms with Crippen LogP contribution in [0.3, 0.4) is 0 Å². The quantitative estimate of drug-likeness (QED) is 0.613. The summed E-state index contributed by atoms with van der Waals surface area (Å²) in [6, 6.07) is 11.1. The molecule has 2 aromatic carbocycles. The molecule has 0 saturated carbocycles. The zero-order valence-corrected chi connectivity index (χ0v) is 14.8. The number of halogens is 3. The predicted molar refractivity (Wildman–Crippen MR) is 94.7 cm³/mol. The summed E-state index contributed by atoms with van der Waals surface area (Å²) in [7, 11) is 0. The van der Waals surface area contributed by atoms with Crippen LogP contribution in [0.2, 0.25) is 10.0 Å². The Bertz CT molecular complexity index is 994. The molecule has 0 spiro atoms. The van der Waals surface area contributed by atoms with Crippen LogP contribution in [0.1, 0.15) is 16.1 Å². The minimum atomic E-state index is -0.500. The fraction of sp³-hybridized carbons (Fsp3) is 0.0588. The van der Waals surface area contributed by atoms with E-state index in [-0.39, 0.29) is 5.02 Å². The van der Waals surface area contributed by atoms with Gasteiger partial charge in [0.25, 0.3) is 5.91 Å². The van der Waals surface area contributed by atoms with E-state index in [1.807, 2.05) is 12.3 Å². The highest BCUT2D eigenvalue weighted by Crippen LogP contribution is 2.20. The van der Waals surface area contributed by atoms with E-state index >= 15 is 0 Å². The number of benzene rings is 2. The largest absolute Gasteiger partial charge is 0.290 e. The number of thiazole rings is 1. The van der Waals surface area contributed by atoms with Crippen molar-refractivity contribution in [2.45, 2.75) is 6.92 Å². The number of carbonyl (C=O) groups excluding carboxylic acids is 1. The Labute approximate surface area is 151 Å². The highest BCUT2D eigenvalue weighted by Gasteiger charge is 2.11. The molecule has 3 rings (SSSR count). The molecule has 24 heavy (non-hydrogen) atoms. The third kappa shape index (κ3) is 3.29. The van der Waals surface area contributed by atoms with Crippen LogP contribution in [-0.2, 0) is 0 Å². The van der Waals surface area contributed by atoms with Crippen molar-refractivity contribution in [2.24, 2.45) is 4.99 Å². The zero-order chi connectivity index (χ0) is 17.3. The molecule has 122 valence electrons. The molecule has 3 nitrogen and oxygen atoms in total. The van der Waals surface area contributed by atoms with E-state index in [9.17, 15) is 9.18 Å². The Balaban J connectivity index is 2.12. The number of aromatic nitrogens is 1. The van der Waals surface area contributed by atoms with E-state index < -0.39 is 11.7 Å². The van der Waals surface area contributed by atoms with Crippen molar-refractivity contribution >= 4 is 40.4 Å². The molecule has 3 aromatic rings. The van der Waals surface area contributed by atoms with Gasteiger partial charge in [0.05, 0.1) is 15.6 Å². The summed E-state index contributed by atoms with van der Waals surface area (Å²) in [4.78, 5) is 17.0. The molecule has 0 fully saturated rings. The van der Waals surface area contributed by atoms with Gasteiger partial charge in [-0.15, -0.1) is 11.3 Å². The van der Waals surface area contributed by atoms with Gasteiger partial charge in [0.15, 0.2) is 4.80 Å². The summed E-state index contributed by atoms with van der Waals surface area (Å²) in [5, 5.41) is 2.21. The fourth-order valence-corrected chi connectivity index (χ4v) is 3.45. The average molecular weight is 381 g/mol. The highest BCUT2D eigenvalue weighted by atomic mass is 35.5. The Hall–Kier alpha value is -1.95. The van der Waals surface area contributed by atoms with Gasteiger partial charge in [-0.3, -0.25) is 9.36 Å². The van der Waals surface area contributed by atoms with Crippen molar-refractivity contribution in [2.75, 3.05) is 0 Å². The van der Waals surface area contributed by atoms with Gasteiger partial charge in [-0.25, -0.2) is 4.39 Å². The first-order valence-corrected chi connectivity index (χ1v) is 8.57. The maximum atomic E-state index is 13.4. The van der Waals surface area contributed by atoms with Gasteiger partial charge < -0.3 is 0 Å². The molecule has 1 heterocycles. The number of rotatable bonds is 2. The first-order valence-electron chi connectivity index (χ1n) is 6.93. The van der Waals surface area contributed by atoms with Crippen LogP contribution in [0.5, 0.6) is 0 Å². The minimum Gasteiger partial charge on any atom is -0.290 e. The van der Waals surface area contributed by atoms with Crippen molar-refractivity contribution in [1.82, 2.24) is 4.57 Å². The topological polar surface area (TPSA) is 34.4 Å². The van der Waals surface area contributed by atoms with Crippen molar-refractivity contribution < 1.29 is 9.18 Å². The second-order valence-electron chi connectivity index (χ2n) is 4.99. The van der Waals surface area contributed by atoms with E-state index in [1.165, 1.54) is 23.5 Å². The van der Waals surface area contributed by atoms with E-state index in [0.29, 0.717) is 21.1 Å². The summed E-state index contributed by atoms with van der Waals surface area (Å²) in [5.41, 5.74) is 1.81. The molecular weight excluding hydrogens is 370 g/mol. The maximum Gasteiger partial charge on any atom is 0.281 e. The third-order valence-corrected chi connectivity index (χ3v) is 4.90. The van der Waals surface area contributed by atoms with Gasteiger partial charge in [0.1, 0.15) is 5.82 Å². The first-order chi connectivity index (χ1) is 11.5. The lowest BCUT2D eigenvalue weighted by Crippen LogP contribution is -2.16. The minimum absolute atomic E-state index is 0.00832. The first kappa shape index (κ1) is 16.9. The lowest BCUT2D eigenvalue weighted by atomic mass is 10.2. The number of aryl methyl sites for hydroxylation is 1. The number of carbonyl (C=O) groups is 1. The molecular formula is C17H11Cl2FN2OS. The van der Waals surface area contributed by atoms with E-state index in [2.05, 4.69) is 4.99 Å². The van der Waals surface area contributed by atoms with Crippen molar-refractivity contribution in [3.63, 3.8) is 0 Å². The molecule has 0 N–H and O–H groups in total. The number of hydrogen-bond donors (Lipinski definition) is 0. The Morgan fingerprint density at radius 3 is 2.62 bits per heavy atom. The lowest BCUT2D eigenvalue weighted by Gasteiger charge is -2.07. The Morgan fingerprint density at radius 2 is 1.92 bits per heavy atom. The second-order valence-corrected chi connectivity index (χ2v) is 6.64. The monoisotopic (exact) mass is 380 g/mol. The summed E-state index contributed by atoms with van der Waals surface area (Å²) >= 11 is 13.2. The molecule has 0 bridgehead atoms. The maximum absolute atomic E-state index is 13.4. The molecule has 0 aliphatic rings. The molecule has 0 unspecified atom stereocenters. The van der Waals surface area contributed by atoms with Gasteiger partial charge in [-0.2, -0.15) is 4.99 Å². The van der Waals surface area contributed by atoms with Crippen LogP contribution in [0.25, 0.3) is 5.69 Å². The number of hydrogen-bond acceptors (Lipinski definition) is 2. The normalized spacial score (nSPS) is 11.8. The number of nitrogens with zero attached hydrogens (tertiary/aromatic N) is 2. The lowest BCUT2D eigenvalue weighted by molar-refractivity contribution is 0.0998. The van der Waals surface area contributed by atoms with Crippen LogP contribution in [-0.4, -0.2) is 10.5 Å². The molecule has 1 aromatic heterocycles. The van der Waals surface area contributed by atoms with Gasteiger partial charge in [-0.1, -0.05) is 35.3 Å². The Morgan fingerprint density at radius 1 is 1.17 bits per heavy atom. The fourth-order valence-electron chi connectivity index (χ4n) is 2.19. The molecule has 0 atom stereocenters. The Kier molecular flexibility index (Phi) is 4.85. The molecule has 0 saturated heterocycles. The standard InChI is InChI=1S/C17H11Cl2FN2OS/c1-10-9-24-17(21-16(23)12-4-2-3-5-13(12)18)22(10)11-6-7-15(20)14(19)8-11/h2-9H,1H3. The molecule has 0 aliphatic heterocycles. The van der Waals surface area contributed by atoms with Gasteiger partial charge in [0.2, 0.25) is 0 Å². The summed E-state index contributed by atoms with van der Waals surface area (Å²) in [6.07, 6.45) is 0. The predicted octanol–water partition coefficient (Wildman–Crippen LogP) is 5.03. The smallest absolute Gasteiger partial charge is 0.281 e. The van der Waals surface area contributed by atoms with Crippen LogP contribution in [0, 0.1) is 12.7 Å². The van der Waals surface area contributed by atoms with Crippen molar-refractivity contribution in [3.05, 3.63) is 79.8 Å². The number of amides is 1. The van der Waals surface area contributed by atoms with Crippen LogP contribution >= 0.6 is 34.5 Å².